The SMILES string of the molecule is CCC(N)C(=O)Oc1cc(F)c(O)cc1F. The summed E-state index contributed by atoms with van der Waals surface area (Å²) in [7, 11) is 0. The Morgan fingerprint density at radius 1 is 1.50 bits per heavy atom. The molecule has 0 aliphatic carbocycles. The van der Waals surface area contributed by atoms with Crippen molar-refractivity contribution in [2.75, 3.05) is 0 Å². The molecule has 88 valence electrons. The first-order chi connectivity index (χ1) is 7.45. The van der Waals surface area contributed by atoms with Gasteiger partial charge in [0.05, 0.1) is 0 Å². The van der Waals surface area contributed by atoms with Gasteiger partial charge < -0.3 is 15.6 Å². The van der Waals surface area contributed by atoms with Crippen LogP contribution in [0, 0.1) is 11.6 Å². The maximum absolute atomic E-state index is 13.1. The minimum Gasteiger partial charge on any atom is -0.505 e. The molecule has 6 heteroatoms. The fourth-order valence-corrected chi connectivity index (χ4v) is 0.947. The summed E-state index contributed by atoms with van der Waals surface area (Å²) in [6.07, 6.45) is 0.320. The number of benzene rings is 1. The van der Waals surface area contributed by atoms with Crippen LogP contribution in [0.1, 0.15) is 13.3 Å². The first kappa shape index (κ1) is 12.4. The number of esters is 1. The van der Waals surface area contributed by atoms with Crippen molar-refractivity contribution in [2.24, 2.45) is 5.73 Å². The summed E-state index contributed by atoms with van der Waals surface area (Å²) in [6, 6.07) is 0.219. The molecular formula is C10H11F2NO3. The number of carbonyl (C=O) groups is 1. The zero-order valence-electron chi connectivity index (χ0n) is 8.54. The Morgan fingerprint density at radius 2 is 2.12 bits per heavy atom. The molecule has 3 N–H and O–H groups in total. The van der Waals surface area contributed by atoms with Gasteiger partial charge in [0.1, 0.15) is 6.04 Å². The number of hydrogen-bond donors (Lipinski definition) is 2. The number of carbonyl (C=O) groups excluding carboxylic acids is 1. The molecular weight excluding hydrogens is 220 g/mol. The van der Waals surface area contributed by atoms with E-state index in [0.29, 0.717) is 18.6 Å². The Morgan fingerprint density at radius 3 is 2.69 bits per heavy atom. The van der Waals surface area contributed by atoms with Gasteiger partial charge in [0.2, 0.25) is 0 Å². The molecule has 0 aromatic heterocycles. The predicted octanol–water partition coefficient (Wildman–Crippen LogP) is 1.31. The number of rotatable bonds is 3. The molecule has 16 heavy (non-hydrogen) atoms. The van der Waals surface area contributed by atoms with Gasteiger partial charge in [-0.25, -0.2) is 13.6 Å². The summed E-state index contributed by atoms with van der Waals surface area (Å²) in [5, 5.41) is 8.83. The Hall–Kier alpha value is -1.69. The lowest BCUT2D eigenvalue weighted by Crippen LogP contribution is -2.33. The number of aromatic hydroxyl groups is 1. The molecule has 0 aliphatic heterocycles. The molecule has 0 radical (unpaired) electrons. The topological polar surface area (TPSA) is 72.6 Å². The van der Waals surface area contributed by atoms with Crippen LogP contribution in [0.15, 0.2) is 12.1 Å². The van der Waals surface area contributed by atoms with Crippen LogP contribution in [-0.2, 0) is 4.79 Å². The van der Waals surface area contributed by atoms with E-state index in [-0.39, 0.29) is 0 Å². The summed E-state index contributed by atoms with van der Waals surface area (Å²) in [5.74, 6) is -4.40. The van der Waals surface area contributed by atoms with E-state index < -0.39 is 35.1 Å². The summed E-state index contributed by atoms with van der Waals surface area (Å²) < 4.78 is 30.5. The molecule has 0 heterocycles. The second-order valence-corrected chi connectivity index (χ2v) is 3.17. The third-order valence-corrected chi connectivity index (χ3v) is 1.95. The lowest BCUT2D eigenvalue weighted by atomic mass is 10.2. The van der Waals surface area contributed by atoms with Crippen LogP contribution in [0.3, 0.4) is 0 Å². The van der Waals surface area contributed by atoms with E-state index >= 15 is 0 Å². The number of nitrogens with two attached hydrogens (primary N) is 1. The third kappa shape index (κ3) is 2.66. The maximum Gasteiger partial charge on any atom is 0.328 e. The van der Waals surface area contributed by atoms with Gasteiger partial charge in [-0.15, -0.1) is 0 Å². The number of hydrogen-bond acceptors (Lipinski definition) is 4. The van der Waals surface area contributed by atoms with Crippen LogP contribution in [0.2, 0.25) is 0 Å². The van der Waals surface area contributed by atoms with Crippen molar-refractivity contribution in [1.82, 2.24) is 0 Å². The second kappa shape index (κ2) is 4.89. The van der Waals surface area contributed by atoms with Gasteiger partial charge in [0, 0.05) is 12.1 Å². The molecule has 1 unspecified atom stereocenters. The quantitative estimate of drug-likeness (QED) is 0.607. The number of phenols is 1. The highest BCUT2D eigenvalue weighted by molar-refractivity contribution is 5.77. The highest BCUT2D eigenvalue weighted by atomic mass is 19.1. The highest BCUT2D eigenvalue weighted by Crippen LogP contribution is 2.25. The molecule has 0 spiro atoms. The van der Waals surface area contributed by atoms with Crippen LogP contribution in [-0.4, -0.2) is 17.1 Å². The maximum atomic E-state index is 13.1. The van der Waals surface area contributed by atoms with Gasteiger partial charge in [0.15, 0.2) is 23.1 Å². The van der Waals surface area contributed by atoms with Crippen molar-refractivity contribution in [1.29, 1.82) is 0 Å². The van der Waals surface area contributed by atoms with Crippen molar-refractivity contribution in [3.05, 3.63) is 23.8 Å². The molecule has 1 aromatic carbocycles. The molecule has 0 fully saturated rings. The molecule has 1 aromatic rings. The molecule has 0 amide bonds. The average molecular weight is 231 g/mol. The van der Waals surface area contributed by atoms with Crippen LogP contribution in [0.5, 0.6) is 11.5 Å². The summed E-state index contributed by atoms with van der Waals surface area (Å²) in [5.41, 5.74) is 5.34. The Bertz CT molecular complexity index is 409. The molecule has 0 aliphatic rings. The molecule has 1 atom stereocenters. The van der Waals surface area contributed by atoms with Gasteiger partial charge in [-0.1, -0.05) is 6.92 Å². The van der Waals surface area contributed by atoms with Crippen molar-refractivity contribution >= 4 is 5.97 Å². The van der Waals surface area contributed by atoms with Gasteiger partial charge >= 0.3 is 5.97 Å². The number of halogens is 2. The van der Waals surface area contributed by atoms with E-state index in [1.54, 1.807) is 6.92 Å². The molecule has 0 saturated carbocycles. The summed E-state index contributed by atoms with van der Waals surface area (Å²) in [4.78, 5) is 11.2. The van der Waals surface area contributed by atoms with Crippen molar-refractivity contribution in [3.8, 4) is 11.5 Å². The second-order valence-electron chi connectivity index (χ2n) is 3.17. The van der Waals surface area contributed by atoms with Gasteiger partial charge in [-0.3, -0.25) is 0 Å². The summed E-state index contributed by atoms with van der Waals surface area (Å²) >= 11 is 0. The number of ether oxygens (including phenoxy) is 1. The molecule has 4 nitrogen and oxygen atoms in total. The molecule has 0 saturated heterocycles. The first-order valence-corrected chi connectivity index (χ1v) is 4.61. The number of phenolic OH excluding ortho intramolecular Hbond substituents is 1. The van der Waals surface area contributed by atoms with Crippen LogP contribution >= 0.6 is 0 Å². The minimum atomic E-state index is -1.07. The standard InChI is InChI=1S/C10H11F2NO3/c1-2-7(13)10(15)16-9-4-5(11)8(14)3-6(9)12/h3-4,7,14H,2,13H2,1H3. The van der Waals surface area contributed by atoms with Crippen molar-refractivity contribution < 1.29 is 23.4 Å². The van der Waals surface area contributed by atoms with Gasteiger partial charge in [0.25, 0.3) is 0 Å². The monoisotopic (exact) mass is 231 g/mol. The minimum absolute atomic E-state index is 0.320. The first-order valence-electron chi connectivity index (χ1n) is 4.61. The fraction of sp³-hybridized carbons (Fsp3) is 0.300. The summed E-state index contributed by atoms with van der Waals surface area (Å²) in [6.45, 7) is 1.65. The van der Waals surface area contributed by atoms with E-state index in [1.165, 1.54) is 0 Å². The Kier molecular flexibility index (Phi) is 3.78. The van der Waals surface area contributed by atoms with Crippen molar-refractivity contribution in [3.63, 3.8) is 0 Å². The van der Waals surface area contributed by atoms with E-state index in [0.717, 1.165) is 0 Å². The highest BCUT2D eigenvalue weighted by Gasteiger charge is 2.17. The Balaban J connectivity index is 2.90. The molecule has 1 rings (SSSR count). The van der Waals surface area contributed by atoms with Crippen LogP contribution < -0.4 is 10.5 Å². The van der Waals surface area contributed by atoms with E-state index in [2.05, 4.69) is 4.74 Å². The zero-order chi connectivity index (χ0) is 12.3. The largest absolute Gasteiger partial charge is 0.505 e. The van der Waals surface area contributed by atoms with E-state index in [1.807, 2.05) is 0 Å². The zero-order valence-corrected chi connectivity index (χ0v) is 8.54. The molecule has 0 bridgehead atoms. The third-order valence-electron chi connectivity index (χ3n) is 1.95. The lowest BCUT2D eigenvalue weighted by Gasteiger charge is -2.09. The van der Waals surface area contributed by atoms with Gasteiger partial charge in [-0.2, -0.15) is 0 Å². The normalized spacial score (nSPS) is 12.2. The van der Waals surface area contributed by atoms with Crippen LogP contribution in [0.4, 0.5) is 8.78 Å². The fourth-order valence-electron chi connectivity index (χ4n) is 0.947. The van der Waals surface area contributed by atoms with Crippen LogP contribution in [0.25, 0.3) is 0 Å². The van der Waals surface area contributed by atoms with Gasteiger partial charge in [-0.05, 0) is 6.42 Å². The average Bonchev–Trinajstić information content (AvgIpc) is 2.24. The lowest BCUT2D eigenvalue weighted by molar-refractivity contribution is -0.136. The van der Waals surface area contributed by atoms with Crippen molar-refractivity contribution in [2.45, 2.75) is 19.4 Å². The Labute approximate surface area is 90.6 Å². The van der Waals surface area contributed by atoms with E-state index in [4.69, 9.17) is 10.8 Å². The predicted molar refractivity (Wildman–Crippen MR) is 51.9 cm³/mol. The van der Waals surface area contributed by atoms with E-state index in [9.17, 15) is 13.6 Å². The smallest absolute Gasteiger partial charge is 0.328 e.